The average molecular weight is 411 g/mol. The number of anilines is 1. The maximum atomic E-state index is 13.8. The van der Waals surface area contributed by atoms with Gasteiger partial charge in [-0.25, -0.2) is 17.9 Å². The van der Waals surface area contributed by atoms with Gasteiger partial charge in [0, 0.05) is 23.8 Å². The zero-order valence-electron chi connectivity index (χ0n) is 15.7. The van der Waals surface area contributed by atoms with Crippen molar-refractivity contribution in [1.82, 2.24) is 20.5 Å². The summed E-state index contributed by atoms with van der Waals surface area (Å²) in [6.45, 7) is 5.13. The summed E-state index contributed by atoms with van der Waals surface area (Å²) >= 11 is 0. The number of ether oxygens (including phenoxy) is 1. The van der Waals surface area contributed by atoms with Crippen LogP contribution in [-0.4, -0.2) is 46.2 Å². The average Bonchev–Trinajstić information content (AvgIpc) is 3.12. The SMILES string of the molecule is CCS(=O)(=O)C(NC1CC(C)(C)Oc2ccc(F)cc21)C(=O)Nc1ncn[nH]1. The van der Waals surface area contributed by atoms with Crippen molar-refractivity contribution < 1.29 is 22.3 Å². The van der Waals surface area contributed by atoms with Gasteiger partial charge < -0.3 is 4.74 Å². The quantitative estimate of drug-likeness (QED) is 0.658. The summed E-state index contributed by atoms with van der Waals surface area (Å²) in [4.78, 5) is 16.5. The fraction of sp³-hybridized carbons (Fsp3) is 0.471. The Morgan fingerprint density at radius 3 is 2.86 bits per heavy atom. The van der Waals surface area contributed by atoms with E-state index >= 15 is 0 Å². The molecule has 1 aromatic carbocycles. The monoisotopic (exact) mass is 411 g/mol. The van der Waals surface area contributed by atoms with Gasteiger partial charge in [-0.05, 0) is 32.0 Å². The number of carbonyl (C=O) groups is 1. The van der Waals surface area contributed by atoms with Crippen molar-refractivity contribution >= 4 is 21.7 Å². The Labute approximate surface area is 162 Å². The minimum absolute atomic E-state index is 0.0295. The van der Waals surface area contributed by atoms with Crippen molar-refractivity contribution in [3.63, 3.8) is 0 Å². The Balaban J connectivity index is 1.94. The van der Waals surface area contributed by atoms with Crippen LogP contribution in [-0.2, 0) is 14.6 Å². The molecule has 3 rings (SSSR count). The van der Waals surface area contributed by atoms with Gasteiger partial charge >= 0.3 is 0 Å². The molecule has 1 aliphatic rings. The largest absolute Gasteiger partial charge is 0.487 e. The van der Waals surface area contributed by atoms with Gasteiger partial charge in [-0.3, -0.25) is 15.4 Å². The molecule has 0 bridgehead atoms. The van der Waals surface area contributed by atoms with Crippen LogP contribution in [0.15, 0.2) is 24.5 Å². The van der Waals surface area contributed by atoms with E-state index in [1.54, 1.807) is 0 Å². The second kappa shape index (κ2) is 7.47. The molecule has 11 heteroatoms. The van der Waals surface area contributed by atoms with E-state index in [1.165, 1.54) is 31.5 Å². The van der Waals surface area contributed by atoms with Gasteiger partial charge in [-0.2, -0.15) is 10.1 Å². The number of carbonyl (C=O) groups excluding carboxylic acids is 1. The number of hydrogen-bond acceptors (Lipinski definition) is 7. The predicted octanol–water partition coefficient (Wildman–Crippen LogP) is 1.54. The lowest BCUT2D eigenvalue weighted by atomic mass is 9.89. The summed E-state index contributed by atoms with van der Waals surface area (Å²) in [6, 6.07) is 3.44. The predicted molar refractivity (Wildman–Crippen MR) is 99.9 cm³/mol. The Hall–Kier alpha value is -2.53. The van der Waals surface area contributed by atoms with Crippen LogP contribution >= 0.6 is 0 Å². The van der Waals surface area contributed by atoms with Gasteiger partial charge in [0.1, 0.15) is 23.5 Å². The smallest absolute Gasteiger partial charge is 0.259 e. The van der Waals surface area contributed by atoms with Crippen molar-refractivity contribution in [3.8, 4) is 5.75 Å². The number of halogens is 1. The van der Waals surface area contributed by atoms with Crippen LogP contribution in [0.5, 0.6) is 5.75 Å². The molecule has 9 nitrogen and oxygen atoms in total. The molecule has 152 valence electrons. The molecule has 2 atom stereocenters. The fourth-order valence-corrected chi connectivity index (χ4v) is 4.20. The van der Waals surface area contributed by atoms with Gasteiger partial charge in [-0.15, -0.1) is 0 Å². The maximum absolute atomic E-state index is 13.8. The second-order valence-corrected chi connectivity index (χ2v) is 9.50. The van der Waals surface area contributed by atoms with Crippen LogP contribution in [0.4, 0.5) is 10.3 Å². The van der Waals surface area contributed by atoms with Crippen molar-refractivity contribution in [2.75, 3.05) is 11.1 Å². The third kappa shape index (κ3) is 4.30. The Morgan fingerprint density at radius 2 is 2.21 bits per heavy atom. The van der Waals surface area contributed by atoms with Gasteiger partial charge in [0.25, 0.3) is 5.91 Å². The number of hydrogen-bond donors (Lipinski definition) is 3. The van der Waals surface area contributed by atoms with Crippen molar-refractivity contribution in [1.29, 1.82) is 0 Å². The first-order valence-corrected chi connectivity index (χ1v) is 10.4. The topological polar surface area (TPSA) is 126 Å². The lowest BCUT2D eigenvalue weighted by molar-refractivity contribution is -0.116. The number of rotatable bonds is 6. The third-order valence-electron chi connectivity index (χ3n) is 4.44. The molecule has 2 unspecified atom stereocenters. The number of aromatic amines is 1. The summed E-state index contributed by atoms with van der Waals surface area (Å²) in [6.07, 6.45) is 1.53. The number of amides is 1. The first kappa shape index (κ1) is 20.2. The zero-order chi connectivity index (χ0) is 20.5. The van der Waals surface area contributed by atoms with E-state index in [0.717, 1.165) is 0 Å². The summed E-state index contributed by atoms with van der Waals surface area (Å²) in [5.41, 5.74) is -0.173. The van der Waals surface area contributed by atoms with Gasteiger partial charge in [0.15, 0.2) is 15.2 Å². The molecule has 1 aliphatic heterocycles. The minimum Gasteiger partial charge on any atom is -0.487 e. The molecular weight excluding hydrogens is 389 g/mol. The molecule has 2 heterocycles. The highest BCUT2D eigenvalue weighted by Crippen LogP contribution is 2.40. The molecule has 0 fully saturated rings. The Bertz CT molecular complexity index is 962. The van der Waals surface area contributed by atoms with E-state index < -0.39 is 38.6 Å². The molecule has 1 aromatic heterocycles. The molecule has 0 saturated carbocycles. The van der Waals surface area contributed by atoms with Crippen LogP contribution < -0.4 is 15.4 Å². The number of nitrogens with one attached hydrogen (secondary N) is 3. The number of benzene rings is 1. The van der Waals surface area contributed by atoms with Gasteiger partial charge in [0.05, 0.1) is 0 Å². The Kier molecular flexibility index (Phi) is 5.39. The lowest BCUT2D eigenvalue weighted by Crippen LogP contribution is -2.51. The molecule has 0 spiro atoms. The molecule has 3 N–H and O–H groups in total. The zero-order valence-corrected chi connectivity index (χ0v) is 16.5. The number of aromatic nitrogens is 3. The second-order valence-electron chi connectivity index (χ2n) is 7.12. The van der Waals surface area contributed by atoms with Gasteiger partial charge in [0.2, 0.25) is 5.95 Å². The fourth-order valence-electron chi connectivity index (χ4n) is 3.11. The summed E-state index contributed by atoms with van der Waals surface area (Å²) < 4.78 is 44.9. The molecule has 28 heavy (non-hydrogen) atoms. The molecule has 1 amide bonds. The molecular formula is C17H22FN5O4S. The van der Waals surface area contributed by atoms with Crippen molar-refractivity contribution in [2.24, 2.45) is 0 Å². The highest BCUT2D eigenvalue weighted by molar-refractivity contribution is 7.92. The van der Waals surface area contributed by atoms with E-state index in [0.29, 0.717) is 17.7 Å². The van der Waals surface area contributed by atoms with Crippen LogP contribution in [0.3, 0.4) is 0 Å². The summed E-state index contributed by atoms with van der Waals surface area (Å²) in [5.74, 6) is -1.06. The molecule has 0 aliphatic carbocycles. The highest BCUT2D eigenvalue weighted by atomic mass is 32.2. The van der Waals surface area contributed by atoms with Crippen LogP contribution in [0.2, 0.25) is 0 Å². The van der Waals surface area contributed by atoms with Crippen LogP contribution in [0.25, 0.3) is 0 Å². The van der Waals surface area contributed by atoms with E-state index in [2.05, 4.69) is 25.8 Å². The van der Waals surface area contributed by atoms with E-state index in [1.807, 2.05) is 13.8 Å². The minimum atomic E-state index is -3.83. The first-order valence-electron chi connectivity index (χ1n) is 8.73. The Morgan fingerprint density at radius 1 is 1.46 bits per heavy atom. The summed E-state index contributed by atoms with van der Waals surface area (Å²) in [5, 5.41) is 9.78. The van der Waals surface area contributed by atoms with E-state index in [9.17, 15) is 17.6 Å². The van der Waals surface area contributed by atoms with Gasteiger partial charge in [-0.1, -0.05) is 6.92 Å². The summed E-state index contributed by atoms with van der Waals surface area (Å²) in [7, 11) is -3.83. The van der Waals surface area contributed by atoms with E-state index in [-0.39, 0.29) is 11.7 Å². The number of sulfone groups is 1. The van der Waals surface area contributed by atoms with Crippen LogP contribution in [0.1, 0.15) is 38.8 Å². The standard InChI is InChI=1S/C17H22FN5O4S/c1-4-28(25,26)15(14(24)22-16-19-9-20-23-16)21-12-8-17(2,3)27-13-6-5-10(18)7-11(12)13/h5-7,9,12,15,21H,4,8H2,1-3H3,(H2,19,20,22,23,24). The van der Waals surface area contributed by atoms with Crippen molar-refractivity contribution in [2.45, 2.75) is 44.2 Å². The number of nitrogens with zero attached hydrogens (tertiary/aromatic N) is 2. The normalized spacial score (nSPS) is 19.4. The number of fused-ring (bicyclic) bond motifs is 1. The maximum Gasteiger partial charge on any atom is 0.259 e. The number of H-pyrrole nitrogens is 1. The lowest BCUT2D eigenvalue weighted by Gasteiger charge is -2.39. The van der Waals surface area contributed by atoms with Crippen molar-refractivity contribution in [3.05, 3.63) is 35.9 Å². The molecule has 2 aromatic rings. The molecule has 0 radical (unpaired) electrons. The third-order valence-corrected chi connectivity index (χ3v) is 6.31. The molecule has 0 saturated heterocycles. The van der Waals surface area contributed by atoms with Crippen LogP contribution in [0, 0.1) is 5.82 Å². The van der Waals surface area contributed by atoms with E-state index in [4.69, 9.17) is 4.74 Å². The highest BCUT2D eigenvalue weighted by Gasteiger charge is 2.39. The first-order chi connectivity index (χ1) is 13.1.